The molecular formula is C14H20N4O4. The second kappa shape index (κ2) is 7.06. The Balaban J connectivity index is 1.90. The highest BCUT2D eigenvalue weighted by Crippen LogP contribution is 2.05. The van der Waals surface area contributed by atoms with E-state index in [9.17, 15) is 14.4 Å². The van der Waals surface area contributed by atoms with Crippen LogP contribution in [-0.2, 0) is 16.1 Å². The lowest BCUT2D eigenvalue weighted by Crippen LogP contribution is -2.51. The SMILES string of the molecule is CCOC(=O)N1CCN(C(=O)Cn2cnc(C)cc2=O)CC1. The Morgan fingerprint density at radius 2 is 1.86 bits per heavy atom. The summed E-state index contributed by atoms with van der Waals surface area (Å²) in [5, 5.41) is 0. The summed E-state index contributed by atoms with van der Waals surface area (Å²) >= 11 is 0. The van der Waals surface area contributed by atoms with E-state index in [1.165, 1.54) is 17.0 Å². The fourth-order valence-corrected chi connectivity index (χ4v) is 2.23. The Morgan fingerprint density at radius 3 is 2.45 bits per heavy atom. The summed E-state index contributed by atoms with van der Waals surface area (Å²) < 4.78 is 6.21. The molecule has 1 aliphatic rings. The lowest BCUT2D eigenvalue weighted by molar-refractivity contribution is -0.133. The van der Waals surface area contributed by atoms with Crippen LogP contribution in [0.2, 0.25) is 0 Å². The molecule has 120 valence electrons. The topological polar surface area (TPSA) is 84.7 Å². The summed E-state index contributed by atoms with van der Waals surface area (Å²) in [6, 6.07) is 1.39. The molecule has 0 bridgehead atoms. The summed E-state index contributed by atoms with van der Waals surface area (Å²) in [6.45, 7) is 5.52. The van der Waals surface area contributed by atoms with E-state index in [0.717, 1.165) is 0 Å². The first-order chi connectivity index (χ1) is 10.5. The second-order valence-electron chi connectivity index (χ2n) is 5.06. The molecule has 1 saturated heterocycles. The molecule has 8 heteroatoms. The van der Waals surface area contributed by atoms with Gasteiger partial charge in [0, 0.05) is 37.9 Å². The lowest BCUT2D eigenvalue weighted by atomic mass is 10.3. The van der Waals surface area contributed by atoms with Gasteiger partial charge in [-0.3, -0.25) is 14.2 Å². The first-order valence-corrected chi connectivity index (χ1v) is 7.24. The first kappa shape index (κ1) is 16.0. The Morgan fingerprint density at radius 1 is 1.23 bits per heavy atom. The van der Waals surface area contributed by atoms with Gasteiger partial charge in [-0.1, -0.05) is 0 Å². The number of aromatic nitrogens is 2. The number of ether oxygens (including phenoxy) is 1. The molecule has 2 amide bonds. The van der Waals surface area contributed by atoms with Crippen LogP contribution >= 0.6 is 0 Å². The minimum atomic E-state index is -0.353. The Labute approximate surface area is 128 Å². The number of amides is 2. The van der Waals surface area contributed by atoms with E-state index in [0.29, 0.717) is 38.5 Å². The van der Waals surface area contributed by atoms with Crippen molar-refractivity contribution in [2.24, 2.45) is 0 Å². The molecule has 0 atom stereocenters. The third-order valence-electron chi connectivity index (χ3n) is 3.48. The van der Waals surface area contributed by atoms with Crippen LogP contribution in [0.25, 0.3) is 0 Å². The second-order valence-corrected chi connectivity index (χ2v) is 5.06. The molecule has 0 unspecified atom stereocenters. The Kier molecular flexibility index (Phi) is 5.13. The maximum atomic E-state index is 12.2. The predicted octanol–water partition coefficient (Wildman–Crippen LogP) is -0.148. The zero-order valence-electron chi connectivity index (χ0n) is 12.8. The third-order valence-corrected chi connectivity index (χ3v) is 3.48. The number of aryl methyl sites for hydroxylation is 1. The number of rotatable bonds is 3. The van der Waals surface area contributed by atoms with Crippen LogP contribution in [0.1, 0.15) is 12.6 Å². The van der Waals surface area contributed by atoms with Crippen LogP contribution < -0.4 is 5.56 Å². The van der Waals surface area contributed by atoms with E-state index in [4.69, 9.17) is 4.74 Å². The van der Waals surface area contributed by atoms with Crippen LogP contribution in [-0.4, -0.2) is 64.1 Å². The van der Waals surface area contributed by atoms with Gasteiger partial charge in [-0.2, -0.15) is 0 Å². The molecule has 1 aliphatic heterocycles. The van der Waals surface area contributed by atoms with Gasteiger partial charge in [0.25, 0.3) is 5.56 Å². The van der Waals surface area contributed by atoms with Gasteiger partial charge in [-0.15, -0.1) is 0 Å². The van der Waals surface area contributed by atoms with Crippen LogP contribution in [0.5, 0.6) is 0 Å². The van der Waals surface area contributed by atoms with Gasteiger partial charge in [0.05, 0.1) is 12.9 Å². The van der Waals surface area contributed by atoms with E-state index in [1.807, 2.05) is 0 Å². The molecule has 0 aliphatic carbocycles. The molecule has 0 N–H and O–H groups in total. The summed E-state index contributed by atoms with van der Waals surface area (Å²) in [4.78, 5) is 42.8. The number of carbonyl (C=O) groups excluding carboxylic acids is 2. The maximum Gasteiger partial charge on any atom is 0.409 e. The third kappa shape index (κ3) is 3.84. The zero-order chi connectivity index (χ0) is 16.1. The molecule has 0 aromatic carbocycles. The summed E-state index contributed by atoms with van der Waals surface area (Å²) in [6.07, 6.45) is 1.03. The molecule has 0 saturated carbocycles. The van der Waals surface area contributed by atoms with Crippen molar-refractivity contribution in [2.75, 3.05) is 32.8 Å². The van der Waals surface area contributed by atoms with Crippen molar-refractivity contribution in [1.29, 1.82) is 0 Å². The highest BCUT2D eigenvalue weighted by Gasteiger charge is 2.24. The van der Waals surface area contributed by atoms with Gasteiger partial charge in [0.15, 0.2) is 0 Å². The van der Waals surface area contributed by atoms with Crippen molar-refractivity contribution in [3.05, 3.63) is 28.4 Å². The van der Waals surface area contributed by atoms with Gasteiger partial charge >= 0.3 is 6.09 Å². The number of carbonyl (C=O) groups is 2. The van der Waals surface area contributed by atoms with Crippen LogP contribution in [0.4, 0.5) is 4.79 Å². The van der Waals surface area contributed by atoms with Gasteiger partial charge in [-0.05, 0) is 13.8 Å². The molecule has 1 aromatic rings. The monoisotopic (exact) mass is 308 g/mol. The number of nitrogens with zero attached hydrogens (tertiary/aromatic N) is 4. The van der Waals surface area contributed by atoms with Crippen molar-refractivity contribution < 1.29 is 14.3 Å². The summed E-state index contributed by atoms with van der Waals surface area (Å²) in [5.41, 5.74) is 0.378. The van der Waals surface area contributed by atoms with E-state index >= 15 is 0 Å². The summed E-state index contributed by atoms with van der Waals surface area (Å²) in [5.74, 6) is -0.156. The normalized spacial score (nSPS) is 14.8. The molecule has 0 spiro atoms. The molecule has 2 rings (SSSR count). The quantitative estimate of drug-likeness (QED) is 0.775. The smallest absolute Gasteiger partial charge is 0.409 e. The van der Waals surface area contributed by atoms with E-state index in [1.54, 1.807) is 23.6 Å². The van der Waals surface area contributed by atoms with Crippen LogP contribution in [0, 0.1) is 6.92 Å². The average molecular weight is 308 g/mol. The largest absolute Gasteiger partial charge is 0.450 e. The van der Waals surface area contributed by atoms with Crippen molar-refractivity contribution in [3.63, 3.8) is 0 Å². The van der Waals surface area contributed by atoms with E-state index in [2.05, 4.69) is 4.98 Å². The molecule has 1 fully saturated rings. The standard InChI is InChI=1S/C14H20N4O4/c1-3-22-14(21)17-6-4-16(5-7-17)13(20)9-18-10-15-11(2)8-12(18)19/h8,10H,3-7,9H2,1-2H3. The molecule has 2 heterocycles. The lowest BCUT2D eigenvalue weighted by Gasteiger charge is -2.34. The number of hydrogen-bond acceptors (Lipinski definition) is 5. The van der Waals surface area contributed by atoms with Gasteiger partial charge in [0.1, 0.15) is 6.54 Å². The van der Waals surface area contributed by atoms with Crippen LogP contribution in [0.3, 0.4) is 0 Å². The van der Waals surface area contributed by atoms with E-state index in [-0.39, 0.29) is 24.1 Å². The van der Waals surface area contributed by atoms with Crippen molar-refractivity contribution in [2.45, 2.75) is 20.4 Å². The fourth-order valence-electron chi connectivity index (χ4n) is 2.23. The zero-order valence-corrected chi connectivity index (χ0v) is 12.8. The Bertz CT molecular complexity index is 605. The maximum absolute atomic E-state index is 12.2. The Hall–Kier alpha value is -2.38. The molecule has 0 radical (unpaired) electrons. The number of hydrogen-bond donors (Lipinski definition) is 0. The van der Waals surface area contributed by atoms with Crippen molar-refractivity contribution >= 4 is 12.0 Å². The highest BCUT2D eigenvalue weighted by atomic mass is 16.6. The van der Waals surface area contributed by atoms with E-state index < -0.39 is 0 Å². The first-order valence-electron chi connectivity index (χ1n) is 7.24. The minimum absolute atomic E-state index is 0.0362. The van der Waals surface area contributed by atoms with Crippen LogP contribution in [0.15, 0.2) is 17.2 Å². The molecule has 8 nitrogen and oxygen atoms in total. The molecule has 1 aromatic heterocycles. The van der Waals surface area contributed by atoms with Crippen molar-refractivity contribution in [1.82, 2.24) is 19.4 Å². The van der Waals surface area contributed by atoms with Gasteiger partial charge in [0.2, 0.25) is 5.91 Å². The summed E-state index contributed by atoms with van der Waals surface area (Å²) in [7, 11) is 0. The van der Waals surface area contributed by atoms with Gasteiger partial charge < -0.3 is 14.5 Å². The predicted molar refractivity (Wildman–Crippen MR) is 78.4 cm³/mol. The minimum Gasteiger partial charge on any atom is -0.450 e. The highest BCUT2D eigenvalue weighted by molar-refractivity contribution is 5.76. The molecular weight excluding hydrogens is 288 g/mol. The van der Waals surface area contributed by atoms with Gasteiger partial charge in [-0.25, -0.2) is 9.78 Å². The fraction of sp³-hybridized carbons (Fsp3) is 0.571. The van der Waals surface area contributed by atoms with Crippen molar-refractivity contribution in [3.8, 4) is 0 Å². The molecule has 22 heavy (non-hydrogen) atoms. The number of piperazine rings is 1. The average Bonchev–Trinajstić information content (AvgIpc) is 2.50.